The number of aryl methyl sites for hydroxylation is 1. The smallest absolute Gasteiger partial charge is 0.251 e. The first kappa shape index (κ1) is 14.3. The highest BCUT2D eigenvalue weighted by molar-refractivity contribution is 5.99. The van der Waals surface area contributed by atoms with Crippen molar-refractivity contribution in [1.82, 2.24) is 5.32 Å². The van der Waals surface area contributed by atoms with E-state index in [1.165, 1.54) is 0 Å². The zero-order chi connectivity index (χ0) is 15.5. The maximum Gasteiger partial charge on any atom is 0.251 e. The molecule has 2 aromatic rings. The number of benzene rings is 2. The van der Waals surface area contributed by atoms with Crippen molar-refractivity contribution in [3.8, 4) is 0 Å². The van der Waals surface area contributed by atoms with Crippen molar-refractivity contribution in [2.24, 2.45) is 0 Å². The third-order valence-corrected chi connectivity index (χ3v) is 3.81. The number of nitrogens with one attached hydrogen (secondary N) is 1. The highest BCUT2D eigenvalue weighted by Crippen LogP contribution is 2.21. The SMILES string of the molecule is Cc1cccc(C(=O)N[C@H]2CC(=O)N(c3ccccc3)C2)c1. The molecule has 1 aliphatic rings. The summed E-state index contributed by atoms with van der Waals surface area (Å²) in [5.74, 6) is -0.0860. The van der Waals surface area contributed by atoms with Gasteiger partial charge in [-0.25, -0.2) is 0 Å². The quantitative estimate of drug-likeness (QED) is 0.945. The highest BCUT2D eigenvalue weighted by Gasteiger charge is 2.31. The minimum absolute atomic E-state index is 0.0424. The molecule has 1 N–H and O–H groups in total. The second-order valence-corrected chi connectivity index (χ2v) is 5.58. The van der Waals surface area contributed by atoms with E-state index in [1.807, 2.05) is 55.5 Å². The van der Waals surface area contributed by atoms with Gasteiger partial charge in [-0.3, -0.25) is 9.59 Å². The van der Waals surface area contributed by atoms with Gasteiger partial charge in [0.1, 0.15) is 0 Å². The normalized spacial score (nSPS) is 17.6. The summed E-state index contributed by atoms with van der Waals surface area (Å²) in [5.41, 5.74) is 2.55. The van der Waals surface area contributed by atoms with Crippen LogP contribution in [-0.4, -0.2) is 24.4 Å². The maximum atomic E-state index is 12.3. The first-order chi connectivity index (χ1) is 10.6. The van der Waals surface area contributed by atoms with E-state index in [0.29, 0.717) is 18.5 Å². The van der Waals surface area contributed by atoms with Crippen LogP contribution in [0, 0.1) is 6.92 Å². The minimum atomic E-state index is -0.152. The van der Waals surface area contributed by atoms with Crippen LogP contribution >= 0.6 is 0 Å². The van der Waals surface area contributed by atoms with Crippen molar-refractivity contribution in [3.05, 3.63) is 65.7 Å². The van der Waals surface area contributed by atoms with E-state index < -0.39 is 0 Å². The predicted molar refractivity (Wildman–Crippen MR) is 85.8 cm³/mol. The van der Waals surface area contributed by atoms with Crippen molar-refractivity contribution >= 4 is 17.5 Å². The van der Waals surface area contributed by atoms with Gasteiger partial charge in [0.2, 0.25) is 5.91 Å². The van der Waals surface area contributed by atoms with Crippen LogP contribution in [0.5, 0.6) is 0 Å². The van der Waals surface area contributed by atoms with Crippen LogP contribution in [0.25, 0.3) is 0 Å². The van der Waals surface area contributed by atoms with Gasteiger partial charge in [0.15, 0.2) is 0 Å². The summed E-state index contributed by atoms with van der Waals surface area (Å²) in [5, 5.41) is 2.95. The van der Waals surface area contributed by atoms with Crippen molar-refractivity contribution in [1.29, 1.82) is 0 Å². The highest BCUT2D eigenvalue weighted by atomic mass is 16.2. The zero-order valence-electron chi connectivity index (χ0n) is 12.5. The van der Waals surface area contributed by atoms with Crippen LogP contribution in [0.4, 0.5) is 5.69 Å². The molecule has 0 radical (unpaired) electrons. The van der Waals surface area contributed by atoms with Crippen LogP contribution in [-0.2, 0) is 4.79 Å². The Hall–Kier alpha value is -2.62. The molecule has 1 heterocycles. The molecule has 0 aliphatic carbocycles. The molecular formula is C18H18N2O2. The Kier molecular flexibility index (Phi) is 3.92. The van der Waals surface area contributed by atoms with E-state index in [4.69, 9.17) is 0 Å². The van der Waals surface area contributed by atoms with Crippen LogP contribution in [0.3, 0.4) is 0 Å². The number of nitrogens with zero attached hydrogens (tertiary/aromatic N) is 1. The molecule has 0 spiro atoms. The van der Waals surface area contributed by atoms with E-state index in [1.54, 1.807) is 11.0 Å². The van der Waals surface area contributed by atoms with E-state index in [9.17, 15) is 9.59 Å². The largest absolute Gasteiger partial charge is 0.347 e. The Labute approximate surface area is 129 Å². The van der Waals surface area contributed by atoms with Crippen LogP contribution in [0.2, 0.25) is 0 Å². The molecule has 112 valence electrons. The number of carbonyl (C=O) groups excluding carboxylic acids is 2. The Bertz CT molecular complexity index is 697. The summed E-state index contributed by atoms with van der Waals surface area (Å²) < 4.78 is 0. The summed E-state index contributed by atoms with van der Waals surface area (Å²) in [4.78, 5) is 26.1. The Morgan fingerprint density at radius 3 is 2.64 bits per heavy atom. The summed E-state index contributed by atoms with van der Waals surface area (Å²) in [7, 11) is 0. The van der Waals surface area contributed by atoms with Gasteiger partial charge in [-0.1, -0.05) is 35.9 Å². The van der Waals surface area contributed by atoms with Crippen LogP contribution in [0.1, 0.15) is 22.3 Å². The van der Waals surface area contributed by atoms with Gasteiger partial charge >= 0.3 is 0 Å². The Morgan fingerprint density at radius 2 is 1.91 bits per heavy atom. The number of anilines is 1. The van der Waals surface area contributed by atoms with Gasteiger partial charge in [0.25, 0.3) is 5.91 Å². The summed E-state index contributed by atoms with van der Waals surface area (Å²) in [6.45, 7) is 2.47. The van der Waals surface area contributed by atoms with Crippen molar-refractivity contribution < 1.29 is 9.59 Å². The number of carbonyl (C=O) groups is 2. The van der Waals surface area contributed by atoms with Crippen LogP contribution < -0.4 is 10.2 Å². The molecule has 2 amide bonds. The van der Waals surface area contributed by atoms with Gasteiger partial charge < -0.3 is 10.2 Å². The summed E-state index contributed by atoms with van der Waals surface area (Å²) in [6, 6.07) is 16.8. The molecule has 1 saturated heterocycles. The fourth-order valence-electron chi connectivity index (χ4n) is 2.72. The average Bonchev–Trinajstić information content (AvgIpc) is 2.88. The fraction of sp³-hybridized carbons (Fsp3) is 0.222. The van der Waals surface area contributed by atoms with E-state index in [2.05, 4.69) is 5.32 Å². The summed E-state index contributed by atoms with van der Waals surface area (Å²) in [6.07, 6.45) is 0.340. The lowest BCUT2D eigenvalue weighted by Crippen LogP contribution is -2.37. The van der Waals surface area contributed by atoms with Gasteiger partial charge in [-0.15, -0.1) is 0 Å². The van der Waals surface area contributed by atoms with E-state index in [0.717, 1.165) is 11.3 Å². The second-order valence-electron chi connectivity index (χ2n) is 5.58. The molecular weight excluding hydrogens is 276 g/mol. The first-order valence-corrected chi connectivity index (χ1v) is 7.36. The monoisotopic (exact) mass is 294 g/mol. The van der Waals surface area contributed by atoms with Gasteiger partial charge in [0.05, 0.1) is 6.04 Å². The number of para-hydroxylation sites is 1. The lowest BCUT2D eigenvalue weighted by atomic mass is 10.1. The van der Waals surface area contributed by atoms with E-state index in [-0.39, 0.29) is 17.9 Å². The fourth-order valence-corrected chi connectivity index (χ4v) is 2.72. The van der Waals surface area contributed by atoms with Crippen LogP contribution in [0.15, 0.2) is 54.6 Å². The molecule has 3 rings (SSSR count). The molecule has 0 unspecified atom stereocenters. The molecule has 0 aromatic heterocycles. The van der Waals surface area contributed by atoms with Gasteiger partial charge in [-0.05, 0) is 31.2 Å². The zero-order valence-corrected chi connectivity index (χ0v) is 12.5. The molecule has 0 bridgehead atoms. The standard InChI is InChI=1S/C18H18N2O2/c1-13-6-5-7-14(10-13)18(22)19-15-11-17(21)20(12-15)16-8-3-2-4-9-16/h2-10,15H,11-12H2,1H3,(H,19,22)/t15-/m0/s1. The van der Waals surface area contributed by atoms with Crippen molar-refractivity contribution in [2.45, 2.75) is 19.4 Å². The minimum Gasteiger partial charge on any atom is -0.347 e. The molecule has 4 nitrogen and oxygen atoms in total. The lowest BCUT2D eigenvalue weighted by molar-refractivity contribution is -0.117. The third kappa shape index (κ3) is 3.01. The first-order valence-electron chi connectivity index (χ1n) is 7.36. The number of hydrogen-bond acceptors (Lipinski definition) is 2. The Morgan fingerprint density at radius 1 is 1.14 bits per heavy atom. The van der Waals surface area contributed by atoms with Crippen molar-refractivity contribution in [3.63, 3.8) is 0 Å². The Balaban J connectivity index is 1.68. The molecule has 1 atom stereocenters. The van der Waals surface area contributed by atoms with Crippen molar-refractivity contribution in [2.75, 3.05) is 11.4 Å². The van der Waals surface area contributed by atoms with Gasteiger partial charge in [0, 0.05) is 24.2 Å². The lowest BCUT2D eigenvalue weighted by Gasteiger charge is -2.17. The topological polar surface area (TPSA) is 49.4 Å². The molecule has 4 heteroatoms. The predicted octanol–water partition coefficient (Wildman–Crippen LogP) is 2.53. The number of rotatable bonds is 3. The molecule has 22 heavy (non-hydrogen) atoms. The third-order valence-electron chi connectivity index (χ3n) is 3.81. The summed E-state index contributed by atoms with van der Waals surface area (Å²) >= 11 is 0. The molecule has 1 aliphatic heterocycles. The maximum absolute atomic E-state index is 12.3. The van der Waals surface area contributed by atoms with Gasteiger partial charge in [-0.2, -0.15) is 0 Å². The average molecular weight is 294 g/mol. The number of amides is 2. The number of hydrogen-bond donors (Lipinski definition) is 1. The molecule has 0 saturated carbocycles. The van der Waals surface area contributed by atoms with E-state index >= 15 is 0 Å². The molecule has 2 aromatic carbocycles. The second kappa shape index (κ2) is 6.02. The molecule has 1 fully saturated rings.